The first-order valence-corrected chi connectivity index (χ1v) is 7.20. The summed E-state index contributed by atoms with van der Waals surface area (Å²) in [4.78, 5) is 26.2. The molecule has 2 rings (SSSR count). The summed E-state index contributed by atoms with van der Waals surface area (Å²) in [5.74, 6) is -0.160. The predicted molar refractivity (Wildman–Crippen MR) is 81.2 cm³/mol. The van der Waals surface area contributed by atoms with Gasteiger partial charge in [0.25, 0.3) is 0 Å². The Morgan fingerprint density at radius 2 is 1.81 bits per heavy atom. The average Bonchev–Trinajstić information content (AvgIpc) is 2.77. The summed E-state index contributed by atoms with van der Waals surface area (Å²) in [5.41, 5.74) is 1.42. The number of benzene rings is 1. The SMILES string of the molecule is CCN(CCO)C(=O)Cn1c(=O)n(CC)c2ccccc21. The van der Waals surface area contributed by atoms with Crippen molar-refractivity contribution in [3.63, 3.8) is 0 Å². The number of para-hydroxylation sites is 2. The number of aryl methyl sites for hydroxylation is 1. The van der Waals surface area contributed by atoms with Crippen LogP contribution in [0.15, 0.2) is 29.1 Å². The fourth-order valence-electron chi connectivity index (χ4n) is 2.55. The van der Waals surface area contributed by atoms with E-state index in [1.165, 1.54) is 4.57 Å². The Hall–Kier alpha value is -2.08. The molecule has 114 valence electrons. The summed E-state index contributed by atoms with van der Waals surface area (Å²) < 4.78 is 3.16. The minimum Gasteiger partial charge on any atom is -0.395 e. The molecule has 0 bridgehead atoms. The Morgan fingerprint density at radius 3 is 2.33 bits per heavy atom. The van der Waals surface area contributed by atoms with E-state index >= 15 is 0 Å². The van der Waals surface area contributed by atoms with E-state index in [1.807, 2.05) is 38.1 Å². The van der Waals surface area contributed by atoms with Crippen molar-refractivity contribution in [3.8, 4) is 0 Å². The summed E-state index contributed by atoms with van der Waals surface area (Å²) in [7, 11) is 0. The number of fused-ring (bicyclic) bond motifs is 1. The number of imidazole rings is 1. The van der Waals surface area contributed by atoms with Gasteiger partial charge in [-0.25, -0.2) is 4.79 Å². The highest BCUT2D eigenvalue weighted by molar-refractivity contribution is 5.81. The van der Waals surface area contributed by atoms with Crippen LogP contribution in [0.4, 0.5) is 0 Å². The first-order chi connectivity index (χ1) is 10.1. The average molecular weight is 291 g/mol. The molecule has 1 aromatic heterocycles. The quantitative estimate of drug-likeness (QED) is 0.850. The van der Waals surface area contributed by atoms with Crippen LogP contribution in [0.25, 0.3) is 11.0 Å². The van der Waals surface area contributed by atoms with E-state index in [1.54, 1.807) is 9.47 Å². The number of rotatable bonds is 6. The van der Waals surface area contributed by atoms with Gasteiger partial charge >= 0.3 is 5.69 Å². The van der Waals surface area contributed by atoms with Gasteiger partial charge in [-0.1, -0.05) is 12.1 Å². The van der Waals surface area contributed by atoms with Crippen molar-refractivity contribution < 1.29 is 9.90 Å². The van der Waals surface area contributed by atoms with E-state index in [2.05, 4.69) is 0 Å². The number of amides is 1. The third-order valence-electron chi connectivity index (χ3n) is 3.64. The summed E-state index contributed by atoms with van der Waals surface area (Å²) in [5, 5.41) is 8.98. The molecule has 1 N–H and O–H groups in total. The number of carbonyl (C=O) groups is 1. The van der Waals surface area contributed by atoms with E-state index in [-0.39, 0.29) is 31.3 Å². The molecule has 6 heteroatoms. The van der Waals surface area contributed by atoms with Crippen molar-refractivity contribution >= 4 is 16.9 Å². The Kier molecular flexibility index (Phi) is 4.80. The van der Waals surface area contributed by atoms with Gasteiger partial charge in [0.05, 0.1) is 17.6 Å². The molecule has 0 fully saturated rings. The number of aliphatic hydroxyl groups is 1. The summed E-state index contributed by atoms with van der Waals surface area (Å²) in [6, 6.07) is 7.46. The molecule has 0 atom stereocenters. The normalized spacial score (nSPS) is 11.0. The minimum atomic E-state index is -0.174. The molecule has 0 radical (unpaired) electrons. The molecule has 0 spiro atoms. The minimum absolute atomic E-state index is 0.000185. The van der Waals surface area contributed by atoms with Crippen molar-refractivity contribution in [2.24, 2.45) is 0 Å². The Bertz CT molecular complexity index is 687. The number of nitrogens with zero attached hydrogens (tertiary/aromatic N) is 3. The lowest BCUT2D eigenvalue weighted by Crippen LogP contribution is -2.38. The smallest absolute Gasteiger partial charge is 0.329 e. The molecular formula is C15H21N3O3. The van der Waals surface area contributed by atoms with Crippen LogP contribution in [0.5, 0.6) is 0 Å². The maximum absolute atomic E-state index is 12.4. The van der Waals surface area contributed by atoms with Gasteiger partial charge in [0, 0.05) is 19.6 Å². The molecule has 0 aliphatic carbocycles. The summed E-state index contributed by atoms with van der Waals surface area (Å²) >= 11 is 0. The monoisotopic (exact) mass is 291 g/mol. The van der Waals surface area contributed by atoms with Crippen molar-refractivity contribution in [2.75, 3.05) is 19.7 Å². The van der Waals surface area contributed by atoms with E-state index in [4.69, 9.17) is 5.11 Å². The zero-order chi connectivity index (χ0) is 15.4. The molecule has 0 saturated carbocycles. The Balaban J connectivity index is 2.41. The molecule has 1 aromatic carbocycles. The van der Waals surface area contributed by atoms with Gasteiger partial charge in [-0.05, 0) is 26.0 Å². The van der Waals surface area contributed by atoms with Gasteiger partial charge < -0.3 is 10.0 Å². The standard InChI is InChI=1S/C15H21N3O3/c1-3-16(9-10-19)14(20)11-18-13-8-6-5-7-12(13)17(4-2)15(18)21/h5-8,19H,3-4,9-11H2,1-2H3. The Morgan fingerprint density at radius 1 is 1.19 bits per heavy atom. The van der Waals surface area contributed by atoms with Crippen molar-refractivity contribution in [3.05, 3.63) is 34.7 Å². The molecule has 21 heavy (non-hydrogen) atoms. The van der Waals surface area contributed by atoms with Crippen molar-refractivity contribution in [1.82, 2.24) is 14.0 Å². The van der Waals surface area contributed by atoms with Crippen LogP contribution in [0.1, 0.15) is 13.8 Å². The molecule has 0 unspecified atom stereocenters. The Labute approximate surface area is 123 Å². The third kappa shape index (κ3) is 2.85. The molecule has 2 aromatic rings. The highest BCUT2D eigenvalue weighted by atomic mass is 16.3. The molecule has 1 amide bonds. The number of carbonyl (C=O) groups excluding carboxylic acids is 1. The van der Waals surface area contributed by atoms with Gasteiger partial charge in [0.15, 0.2) is 0 Å². The predicted octanol–water partition coefficient (Wildman–Crippen LogP) is 0.664. The fourth-order valence-corrected chi connectivity index (χ4v) is 2.55. The second kappa shape index (κ2) is 6.58. The summed E-state index contributed by atoms with van der Waals surface area (Å²) in [6.45, 7) is 5.05. The van der Waals surface area contributed by atoms with Crippen LogP contribution in [0.2, 0.25) is 0 Å². The third-order valence-corrected chi connectivity index (χ3v) is 3.64. The molecule has 0 saturated heterocycles. The maximum Gasteiger partial charge on any atom is 0.329 e. The first kappa shape index (κ1) is 15.3. The van der Waals surface area contributed by atoms with Crippen LogP contribution < -0.4 is 5.69 Å². The van der Waals surface area contributed by atoms with Gasteiger partial charge in [0.2, 0.25) is 5.91 Å². The van der Waals surface area contributed by atoms with Crippen LogP contribution in [0, 0.1) is 0 Å². The van der Waals surface area contributed by atoms with E-state index in [9.17, 15) is 9.59 Å². The second-order valence-electron chi connectivity index (χ2n) is 4.80. The van der Waals surface area contributed by atoms with Gasteiger partial charge in [-0.15, -0.1) is 0 Å². The zero-order valence-corrected chi connectivity index (χ0v) is 12.5. The van der Waals surface area contributed by atoms with Gasteiger partial charge in [0.1, 0.15) is 6.54 Å². The van der Waals surface area contributed by atoms with Crippen LogP contribution in [-0.2, 0) is 17.9 Å². The lowest BCUT2D eigenvalue weighted by molar-refractivity contribution is -0.132. The second-order valence-corrected chi connectivity index (χ2v) is 4.80. The van der Waals surface area contributed by atoms with Crippen molar-refractivity contribution in [1.29, 1.82) is 0 Å². The van der Waals surface area contributed by atoms with Gasteiger partial charge in [-0.3, -0.25) is 13.9 Å². The topological polar surface area (TPSA) is 67.5 Å². The van der Waals surface area contributed by atoms with Crippen molar-refractivity contribution in [2.45, 2.75) is 26.9 Å². The number of likely N-dealkylation sites (N-methyl/N-ethyl adjacent to an activating group) is 1. The van der Waals surface area contributed by atoms with Gasteiger partial charge in [-0.2, -0.15) is 0 Å². The summed E-state index contributed by atoms with van der Waals surface area (Å²) in [6.07, 6.45) is 0. The molecule has 0 aliphatic rings. The number of aliphatic hydroxyl groups excluding tert-OH is 1. The highest BCUT2D eigenvalue weighted by Crippen LogP contribution is 2.12. The largest absolute Gasteiger partial charge is 0.395 e. The molecule has 0 aliphatic heterocycles. The van der Waals surface area contributed by atoms with Crippen LogP contribution in [-0.4, -0.2) is 44.7 Å². The van der Waals surface area contributed by atoms with E-state index in [0.717, 1.165) is 11.0 Å². The lowest BCUT2D eigenvalue weighted by Gasteiger charge is -2.19. The maximum atomic E-state index is 12.4. The first-order valence-electron chi connectivity index (χ1n) is 7.20. The zero-order valence-electron chi connectivity index (χ0n) is 12.5. The number of aromatic nitrogens is 2. The van der Waals surface area contributed by atoms with E-state index < -0.39 is 0 Å². The van der Waals surface area contributed by atoms with Crippen LogP contribution >= 0.6 is 0 Å². The number of hydrogen-bond donors (Lipinski definition) is 1. The van der Waals surface area contributed by atoms with E-state index in [0.29, 0.717) is 13.1 Å². The fraction of sp³-hybridized carbons (Fsp3) is 0.467. The molecular weight excluding hydrogens is 270 g/mol. The lowest BCUT2D eigenvalue weighted by atomic mass is 10.3. The number of hydrogen-bond acceptors (Lipinski definition) is 3. The molecule has 1 heterocycles. The molecule has 6 nitrogen and oxygen atoms in total. The highest BCUT2D eigenvalue weighted by Gasteiger charge is 2.17. The van der Waals surface area contributed by atoms with Crippen LogP contribution in [0.3, 0.4) is 0 Å².